The Morgan fingerprint density at radius 1 is 1.16 bits per heavy atom. The Bertz CT molecular complexity index is 559. The Kier molecular flexibility index (Phi) is 3.73. The molecule has 1 aromatic heterocycles. The summed E-state index contributed by atoms with van der Waals surface area (Å²) >= 11 is 11.9. The zero-order valence-corrected chi connectivity index (χ0v) is 11.7. The molecule has 6 heteroatoms. The molecule has 3 rings (SSSR count). The van der Waals surface area contributed by atoms with Gasteiger partial charge in [0.05, 0.1) is 6.04 Å². The maximum atomic E-state index is 5.97. The second-order valence-corrected chi connectivity index (χ2v) is 5.49. The molecule has 1 N–H and O–H groups in total. The third-order valence-electron chi connectivity index (χ3n) is 3.17. The van der Waals surface area contributed by atoms with Gasteiger partial charge in [-0.2, -0.15) is 4.98 Å². The third-order valence-corrected chi connectivity index (χ3v) is 3.61. The predicted molar refractivity (Wildman–Crippen MR) is 74.3 cm³/mol. The molecule has 0 saturated carbocycles. The van der Waals surface area contributed by atoms with Crippen molar-refractivity contribution < 1.29 is 4.52 Å². The van der Waals surface area contributed by atoms with Crippen molar-refractivity contribution in [1.29, 1.82) is 0 Å². The van der Waals surface area contributed by atoms with Gasteiger partial charge in [0.2, 0.25) is 11.7 Å². The fourth-order valence-corrected chi connectivity index (χ4v) is 2.77. The lowest BCUT2D eigenvalue weighted by Gasteiger charge is -2.19. The normalized spacial score (nSPS) is 19.6. The first-order chi connectivity index (χ1) is 9.22. The molecule has 0 spiro atoms. The number of nitrogens with one attached hydrogen (secondary N) is 1. The van der Waals surface area contributed by atoms with Crippen molar-refractivity contribution in [1.82, 2.24) is 15.5 Å². The van der Waals surface area contributed by atoms with Gasteiger partial charge in [-0.05, 0) is 37.6 Å². The molecule has 1 aromatic carbocycles. The van der Waals surface area contributed by atoms with Crippen LogP contribution in [0.25, 0.3) is 11.4 Å². The minimum Gasteiger partial charge on any atom is -0.337 e. The summed E-state index contributed by atoms with van der Waals surface area (Å²) < 4.78 is 5.33. The van der Waals surface area contributed by atoms with Gasteiger partial charge in [-0.25, -0.2) is 0 Å². The molecule has 0 amide bonds. The molecule has 1 saturated heterocycles. The highest BCUT2D eigenvalue weighted by Crippen LogP contribution is 2.27. The van der Waals surface area contributed by atoms with Crippen LogP contribution in [-0.4, -0.2) is 16.7 Å². The molecule has 1 aliphatic heterocycles. The van der Waals surface area contributed by atoms with Crippen LogP contribution in [-0.2, 0) is 0 Å². The Balaban J connectivity index is 1.87. The number of aromatic nitrogens is 2. The first-order valence-electron chi connectivity index (χ1n) is 6.26. The van der Waals surface area contributed by atoms with E-state index in [1.54, 1.807) is 18.2 Å². The van der Waals surface area contributed by atoms with Gasteiger partial charge in [0.15, 0.2) is 0 Å². The van der Waals surface area contributed by atoms with E-state index in [-0.39, 0.29) is 6.04 Å². The Morgan fingerprint density at radius 2 is 1.95 bits per heavy atom. The van der Waals surface area contributed by atoms with Gasteiger partial charge in [0, 0.05) is 15.6 Å². The van der Waals surface area contributed by atoms with Crippen LogP contribution >= 0.6 is 23.2 Å². The van der Waals surface area contributed by atoms with Crippen molar-refractivity contribution in [2.45, 2.75) is 25.3 Å². The lowest BCUT2D eigenvalue weighted by Crippen LogP contribution is -2.26. The molecule has 0 aliphatic carbocycles. The number of halogens is 2. The third kappa shape index (κ3) is 2.91. The minimum atomic E-state index is 0.157. The lowest BCUT2D eigenvalue weighted by atomic mass is 10.1. The molecule has 1 unspecified atom stereocenters. The quantitative estimate of drug-likeness (QED) is 0.914. The Morgan fingerprint density at radius 3 is 2.63 bits per heavy atom. The van der Waals surface area contributed by atoms with Crippen LogP contribution in [0.1, 0.15) is 31.2 Å². The minimum absolute atomic E-state index is 0.157. The van der Waals surface area contributed by atoms with E-state index in [1.807, 2.05) is 0 Å². The van der Waals surface area contributed by atoms with Crippen LogP contribution < -0.4 is 5.32 Å². The number of nitrogens with zero attached hydrogens (tertiary/aromatic N) is 2. The molecule has 100 valence electrons. The molecular formula is C13H13Cl2N3O. The van der Waals surface area contributed by atoms with E-state index in [9.17, 15) is 0 Å². The van der Waals surface area contributed by atoms with Gasteiger partial charge < -0.3 is 9.84 Å². The maximum absolute atomic E-state index is 5.97. The topological polar surface area (TPSA) is 51.0 Å². The number of piperidine rings is 1. The summed E-state index contributed by atoms with van der Waals surface area (Å²) in [6.07, 6.45) is 3.40. The van der Waals surface area contributed by atoms with Crippen molar-refractivity contribution in [3.63, 3.8) is 0 Å². The van der Waals surface area contributed by atoms with Crippen LogP contribution in [0, 0.1) is 0 Å². The first kappa shape index (κ1) is 12.9. The largest absolute Gasteiger partial charge is 0.337 e. The Labute approximate surface area is 121 Å². The van der Waals surface area contributed by atoms with Crippen LogP contribution in [0.4, 0.5) is 0 Å². The summed E-state index contributed by atoms with van der Waals surface area (Å²) in [7, 11) is 0. The number of hydrogen-bond acceptors (Lipinski definition) is 4. The van der Waals surface area contributed by atoms with Crippen LogP contribution in [0.15, 0.2) is 22.7 Å². The predicted octanol–water partition coefficient (Wildman–Crippen LogP) is 3.86. The highest BCUT2D eigenvalue weighted by molar-refractivity contribution is 6.35. The van der Waals surface area contributed by atoms with E-state index in [4.69, 9.17) is 27.7 Å². The average molecular weight is 298 g/mol. The summed E-state index contributed by atoms with van der Waals surface area (Å²) in [4.78, 5) is 4.43. The molecule has 0 bridgehead atoms. The van der Waals surface area contributed by atoms with E-state index in [0.29, 0.717) is 21.8 Å². The Hall–Kier alpha value is -1.10. The average Bonchev–Trinajstić information content (AvgIpc) is 2.88. The number of rotatable bonds is 2. The molecule has 2 aromatic rings. The van der Waals surface area contributed by atoms with Crippen LogP contribution in [0.3, 0.4) is 0 Å². The van der Waals surface area contributed by atoms with Crippen molar-refractivity contribution >= 4 is 23.2 Å². The monoisotopic (exact) mass is 297 g/mol. The molecular weight excluding hydrogens is 285 g/mol. The molecule has 1 aliphatic rings. The van der Waals surface area contributed by atoms with Gasteiger partial charge in [-0.15, -0.1) is 0 Å². The van der Waals surface area contributed by atoms with Crippen LogP contribution in [0.2, 0.25) is 10.0 Å². The van der Waals surface area contributed by atoms with Crippen molar-refractivity contribution in [2.24, 2.45) is 0 Å². The van der Waals surface area contributed by atoms with E-state index in [1.165, 1.54) is 12.8 Å². The van der Waals surface area contributed by atoms with Crippen molar-refractivity contribution in [2.75, 3.05) is 6.54 Å². The molecule has 19 heavy (non-hydrogen) atoms. The maximum Gasteiger partial charge on any atom is 0.244 e. The summed E-state index contributed by atoms with van der Waals surface area (Å²) in [5.74, 6) is 1.15. The number of hydrogen-bond donors (Lipinski definition) is 1. The summed E-state index contributed by atoms with van der Waals surface area (Å²) in [5, 5.41) is 8.49. The van der Waals surface area contributed by atoms with Gasteiger partial charge in [-0.3, -0.25) is 0 Å². The van der Waals surface area contributed by atoms with Gasteiger partial charge in [0.25, 0.3) is 0 Å². The SMILES string of the molecule is Clc1cc(Cl)cc(-c2noc(C3CCCCN3)n2)c1. The van der Waals surface area contributed by atoms with Crippen LogP contribution in [0.5, 0.6) is 0 Å². The fourth-order valence-electron chi connectivity index (χ4n) is 2.24. The van der Waals surface area contributed by atoms with E-state index < -0.39 is 0 Å². The fraction of sp³-hybridized carbons (Fsp3) is 0.385. The standard InChI is InChI=1S/C13H13Cl2N3O/c14-9-5-8(6-10(15)7-9)12-17-13(19-18-12)11-3-1-2-4-16-11/h5-7,11,16H,1-4H2. The summed E-state index contributed by atoms with van der Waals surface area (Å²) in [6.45, 7) is 0.991. The second kappa shape index (κ2) is 5.49. The van der Waals surface area contributed by atoms with E-state index in [0.717, 1.165) is 18.5 Å². The zero-order valence-electron chi connectivity index (χ0n) is 10.2. The summed E-state index contributed by atoms with van der Waals surface area (Å²) in [6, 6.07) is 5.38. The highest BCUT2D eigenvalue weighted by Gasteiger charge is 2.21. The van der Waals surface area contributed by atoms with Gasteiger partial charge in [-0.1, -0.05) is 34.8 Å². The molecule has 4 nitrogen and oxygen atoms in total. The number of benzene rings is 1. The highest BCUT2D eigenvalue weighted by atomic mass is 35.5. The second-order valence-electron chi connectivity index (χ2n) is 4.62. The van der Waals surface area contributed by atoms with Gasteiger partial charge in [0.1, 0.15) is 0 Å². The smallest absolute Gasteiger partial charge is 0.244 e. The first-order valence-corrected chi connectivity index (χ1v) is 7.01. The molecule has 1 atom stereocenters. The molecule has 2 heterocycles. The van der Waals surface area contributed by atoms with E-state index in [2.05, 4.69) is 15.5 Å². The molecule has 0 radical (unpaired) electrons. The summed E-state index contributed by atoms with van der Waals surface area (Å²) in [5.41, 5.74) is 0.767. The van der Waals surface area contributed by atoms with E-state index >= 15 is 0 Å². The zero-order chi connectivity index (χ0) is 13.2. The lowest BCUT2D eigenvalue weighted by molar-refractivity contribution is 0.297. The van der Waals surface area contributed by atoms with Gasteiger partial charge >= 0.3 is 0 Å². The molecule has 1 fully saturated rings. The van der Waals surface area contributed by atoms with Crippen molar-refractivity contribution in [3.8, 4) is 11.4 Å². The van der Waals surface area contributed by atoms with Crippen molar-refractivity contribution in [3.05, 3.63) is 34.1 Å².